The van der Waals surface area contributed by atoms with Crippen LogP contribution in [0.15, 0.2) is 36.5 Å². The van der Waals surface area contributed by atoms with Gasteiger partial charge in [0, 0.05) is 17.8 Å². The first-order valence-corrected chi connectivity index (χ1v) is 5.00. The molecule has 0 aliphatic heterocycles. The Bertz CT molecular complexity index is 504. The molecule has 0 unspecified atom stereocenters. The Morgan fingerprint density at radius 2 is 2.12 bits per heavy atom. The predicted molar refractivity (Wildman–Crippen MR) is 62.3 cm³/mol. The number of aromatic nitrogens is 2. The van der Waals surface area contributed by atoms with Gasteiger partial charge in [0.05, 0.1) is 6.61 Å². The summed E-state index contributed by atoms with van der Waals surface area (Å²) in [5.74, 6) is 6.37. The highest BCUT2D eigenvalue weighted by Crippen LogP contribution is 2.23. The highest BCUT2D eigenvalue weighted by molar-refractivity contribution is 5.36. The minimum absolute atomic E-state index is 0.0940. The van der Waals surface area contributed by atoms with E-state index < -0.39 is 0 Å². The fraction of sp³-hybridized carbons (Fsp3) is 0.0909. The summed E-state index contributed by atoms with van der Waals surface area (Å²) in [6.45, 7) is -0.0940. The number of aliphatic hydroxyl groups is 1. The molecule has 17 heavy (non-hydrogen) atoms. The Balaban J connectivity index is 2.24. The standard InChI is InChI=1S/C11H12N4O2/c12-15-11-13-6-5-10(14-11)17-9-4-2-1-3-8(9)7-16/h1-6,16H,7,12H2,(H,13,14,15). The second kappa shape index (κ2) is 5.24. The molecular weight excluding hydrogens is 220 g/mol. The smallest absolute Gasteiger partial charge is 0.240 e. The number of para-hydroxylation sites is 1. The molecule has 6 heteroatoms. The molecule has 0 aliphatic carbocycles. The zero-order valence-electron chi connectivity index (χ0n) is 9.00. The van der Waals surface area contributed by atoms with Crippen molar-refractivity contribution in [1.29, 1.82) is 0 Å². The van der Waals surface area contributed by atoms with E-state index >= 15 is 0 Å². The van der Waals surface area contributed by atoms with Crippen molar-refractivity contribution in [3.8, 4) is 11.6 Å². The molecule has 0 atom stereocenters. The molecule has 0 bridgehead atoms. The van der Waals surface area contributed by atoms with Gasteiger partial charge < -0.3 is 9.84 Å². The van der Waals surface area contributed by atoms with Crippen LogP contribution in [0.2, 0.25) is 0 Å². The number of ether oxygens (including phenoxy) is 1. The van der Waals surface area contributed by atoms with E-state index in [4.69, 9.17) is 15.7 Å². The zero-order chi connectivity index (χ0) is 12.1. The lowest BCUT2D eigenvalue weighted by molar-refractivity contribution is 0.276. The summed E-state index contributed by atoms with van der Waals surface area (Å²) in [7, 11) is 0. The van der Waals surface area contributed by atoms with Crippen molar-refractivity contribution in [2.24, 2.45) is 5.84 Å². The minimum Gasteiger partial charge on any atom is -0.438 e. The highest BCUT2D eigenvalue weighted by Gasteiger charge is 2.04. The topological polar surface area (TPSA) is 93.3 Å². The number of nitrogens with two attached hydrogens (primary N) is 1. The quantitative estimate of drug-likeness (QED) is 0.539. The molecule has 0 spiro atoms. The number of nitrogens with one attached hydrogen (secondary N) is 1. The molecular formula is C11H12N4O2. The molecule has 0 saturated carbocycles. The molecule has 1 aromatic heterocycles. The van der Waals surface area contributed by atoms with Crippen LogP contribution in [-0.4, -0.2) is 15.1 Å². The van der Waals surface area contributed by atoms with Gasteiger partial charge in [-0.25, -0.2) is 10.8 Å². The van der Waals surface area contributed by atoms with Crippen LogP contribution in [-0.2, 0) is 6.61 Å². The highest BCUT2D eigenvalue weighted by atomic mass is 16.5. The molecule has 0 saturated heterocycles. The zero-order valence-corrected chi connectivity index (χ0v) is 9.00. The van der Waals surface area contributed by atoms with Crippen molar-refractivity contribution < 1.29 is 9.84 Å². The maximum absolute atomic E-state index is 9.15. The van der Waals surface area contributed by atoms with Gasteiger partial charge in [-0.1, -0.05) is 18.2 Å². The van der Waals surface area contributed by atoms with Crippen LogP contribution in [0.4, 0.5) is 5.95 Å². The summed E-state index contributed by atoms with van der Waals surface area (Å²) in [5, 5.41) is 9.15. The van der Waals surface area contributed by atoms with Gasteiger partial charge in [-0.2, -0.15) is 4.98 Å². The van der Waals surface area contributed by atoms with E-state index in [1.807, 2.05) is 12.1 Å². The Morgan fingerprint density at radius 1 is 1.29 bits per heavy atom. The van der Waals surface area contributed by atoms with E-state index in [2.05, 4.69) is 15.4 Å². The summed E-state index contributed by atoms with van der Waals surface area (Å²) in [6.07, 6.45) is 1.53. The molecule has 4 N–H and O–H groups in total. The van der Waals surface area contributed by atoms with Crippen molar-refractivity contribution in [3.05, 3.63) is 42.1 Å². The molecule has 1 heterocycles. The van der Waals surface area contributed by atoms with Gasteiger partial charge in [0.15, 0.2) is 0 Å². The van der Waals surface area contributed by atoms with E-state index in [0.717, 1.165) is 0 Å². The number of hydrazine groups is 1. The maximum atomic E-state index is 9.15. The Kier molecular flexibility index (Phi) is 3.49. The third kappa shape index (κ3) is 2.68. The van der Waals surface area contributed by atoms with E-state index in [1.54, 1.807) is 18.2 Å². The molecule has 2 aromatic rings. The average molecular weight is 232 g/mol. The Labute approximate surface area is 98.1 Å². The van der Waals surface area contributed by atoms with Crippen molar-refractivity contribution in [2.75, 3.05) is 5.43 Å². The van der Waals surface area contributed by atoms with Crippen LogP contribution in [0.3, 0.4) is 0 Å². The van der Waals surface area contributed by atoms with E-state index in [1.165, 1.54) is 6.20 Å². The molecule has 0 aliphatic rings. The van der Waals surface area contributed by atoms with Gasteiger partial charge in [0.1, 0.15) is 5.75 Å². The monoisotopic (exact) mass is 232 g/mol. The SMILES string of the molecule is NNc1nccc(Oc2ccccc2CO)n1. The number of rotatable bonds is 4. The van der Waals surface area contributed by atoms with Gasteiger partial charge >= 0.3 is 0 Å². The second-order valence-corrected chi connectivity index (χ2v) is 3.23. The number of hydrogen-bond acceptors (Lipinski definition) is 6. The van der Waals surface area contributed by atoms with Crippen LogP contribution in [0, 0.1) is 0 Å². The van der Waals surface area contributed by atoms with Gasteiger partial charge in [-0.05, 0) is 6.07 Å². The first-order chi connectivity index (χ1) is 8.33. The summed E-state index contributed by atoms with van der Waals surface area (Å²) < 4.78 is 5.54. The van der Waals surface area contributed by atoms with Crippen LogP contribution in [0.25, 0.3) is 0 Å². The summed E-state index contributed by atoms with van der Waals surface area (Å²) in [5.41, 5.74) is 3.02. The van der Waals surface area contributed by atoms with E-state index in [9.17, 15) is 0 Å². The number of nitrogens with zero attached hydrogens (tertiary/aromatic N) is 2. The first-order valence-electron chi connectivity index (χ1n) is 5.00. The fourth-order valence-corrected chi connectivity index (χ4v) is 1.32. The number of nitrogen functional groups attached to an aromatic ring is 1. The van der Waals surface area contributed by atoms with Crippen molar-refractivity contribution >= 4 is 5.95 Å². The second-order valence-electron chi connectivity index (χ2n) is 3.23. The molecule has 1 aromatic carbocycles. The molecule has 88 valence electrons. The number of hydrogen-bond donors (Lipinski definition) is 3. The molecule has 0 fully saturated rings. The molecule has 6 nitrogen and oxygen atoms in total. The van der Waals surface area contributed by atoms with Gasteiger partial charge in [-0.15, -0.1) is 0 Å². The molecule has 0 radical (unpaired) electrons. The maximum Gasteiger partial charge on any atom is 0.240 e. The van der Waals surface area contributed by atoms with Crippen LogP contribution in [0.1, 0.15) is 5.56 Å². The van der Waals surface area contributed by atoms with Gasteiger partial charge in [-0.3, -0.25) is 5.43 Å². The number of anilines is 1. The van der Waals surface area contributed by atoms with Crippen LogP contribution >= 0.6 is 0 Å². The lowest BCUT2D eigenvalue weighted by Gasteiger charge is -2.08. The van der Waals surface area contributed by atoms with Gasteiger partial charge in [0.25, 0.3) is 0 Å². The summed E-state index contributed by atoms with van der Waals surface area (Å²) >= 11 is 0. The third-order valence-corrected chi connectivity index (χ3v) is 2.12. The number of benzene rings is 1. The van der Waals surface area contributed by atoms with E-state index in [-0.39, 0.29) is 12.6 Å². The summed E-state index contributed by atoms with van der Waals surface area (Å²) in [4.78, 5) is 7.88. The molecule has 2 rings (SSSR count). The number of aliphatic hydroxyl groups excluding tert-OH is 1. The van der Waals surface area contributed by atoms with Crippen molar-refractivity contribution in [1.82, 2.24) is 9.97 Å². The molecule has 0 amide bonds. The lowest BCUT2D eigenvalue weighted by atomic mass is 10.2. The summed E-state index contributed by atoms with van der Waals surface area (Å²) in [6, 6.07) is 8.78. The predicted octanol–water partition coefficient (Wildman–Crippen LogP) is 1.05. The van der Waals surface area contributed by atoms with Crippen molar-refractivity contribution in [3.63, 3.8) is 0 Å². The average Bonchev–Trinajstić information content (AvgIpc) is 2.39. The van der Waals surface area contributed by atoms with E-state index in [0.29, 0.717) is 17.2 Å². The minimum atomic E-state index is -0.0940. The largest absolute Gasteiger partial charge is 0.438 e. The van der Waals surface area contributed by atoms with Gasteiger partial charge in [0.2, 0.25) is 11.8 Å². The first kappa shape index (κ1) is 11.3. The van der Waals surface area contributed by atoms with Crippen molar-refractivity contribution in [2.45, 2.75) is 6.61 Å². The third-order valence-electron chi connectivity index (χ3n) is 2.12. The normalized spacial score (nSPS) is 10.0. The Hall–Kier alpha value is -2.18. The lowest BCUT2D eigenvalue weighted by Crippen LogP contribution is -2.10. The van der Waals surface area contributed by atoms with Crippen LogP contribution < -0.4 is 16.0 Å². The Morgan fingerprint density at radius 3 is 2.88 bits per heavy atom. The fourth-order valence-electron chi connectivity index (χ4n) is 1.32. The van der Waals surface area contributed by atoms with Crippen LogP contribution in [0.5, 0.6) is 11.6 Å².